The Morgan fingerprint density at radius 3 is 2.51 bits per heavy atom. The molecular weight excluding hydrogens is 644 g/mol. The maximum Gasteiger partial charge on any atom is 0.438 e. The van der Waals surface area contributed by atoms with E-state index in [9.17, 15) is 9.59 Å². The predicted octanol–water partition coefficient (Wildman–Crippen LogP) is 7.49. The fourth-order valence-electron chi connectivity index (χ4n) is 7.90. The molecule has 1 amide bonds. The lowest BCUT2D eigenvalue weighted by Crippen LogP contribution is -2.13. The second-order valence-electron chi connectivity index (χ2n) is 13.4. The molecule has 0 bridgehead atoms. The number of nitrogens with zero attached hydrogens (tertiary/aromatic N) is 2. The Kier molecular flexibility index (Phi) is 8.81. The second-order valence-corrected chi connectivity index (χ2v) is 13.4. The molecule has 8 rings (SSSR count). The molecule has 4 aromatic carbocycles. The molecule has 3 N–H and O–H groups in total. The van der Waals surface area contributed by atoms with Crippen LogP contribution >= 0.6 is 0 Å². The zero-order chi connectivity index (χ0) is 34.9. The van der Waals surface area contributed by atoms with Crippen LogP contribution in [0.1, 0.15) is 82.4 Å². The Morgan fingerprint density at radius 1 is 0.980 bits per heavy atom. The summed E-state index contributed by atoms with van der Waals surface area (Å²) in [5.41, 5.74) is 13.4. The third kappa shape index (κ3) is 6.38. The first-order valence-corrected chi connectivity index (χ1v) is 17.6. The van der Waals surface area contributed by atoms with Crippen molar-refractivity contribution in [1.82, 2.24) is 14.7 Å². The first-order valence-electron chi connectivity index (χ1n) is 17.6. The summed E-state index contributed by atoms with van der Waals surface area (Å²) in [4.78, 5) is 27.7. The van der Waals surface area contributed by atoms with Crippen LogP contribution in [-0.2, 0) is 19.6 Å². The summed E-state index contributed by atoms with van der Waals surface area (Å²) < 4.78 is 25.8. The van der Waals surface area contributed by atoms with Crippen LogP contribution in [0.2, 0.25) is 0 Å². The minimum atomic E-state index is -0.624. The summed E-state index contributed by atoms with van der Waals surface area (Å²) in [6.07, 6.45) is 6.17. The quantitative estimate of drug-likeness (QED) is 0.153. The van der Waals surface area contributed by atoms with Gasteiger partial charge in [0.05, 0.1) is 25.3 Å². The SMILES string of the molecule is COc1cc2c(c([C@H](Cc3ccc(OCc4ccccc4)cc3)c3noc(=O)[nH]3)c1)-c1c(C3CCCCC3)c3ccc(C(N)=O)cc3n1CCO2. The van der Waals surface area contributed by atoms with E-state index in [1.807, 2.05) is 78.9 Å². The molecule has 0 spiro atoms. The van der Waals surface area contributed by atoms with Gasteiger partial charge < -0.3 is 24.5 Å². The minimum Gasteiger partial charge on any atom is -0.497 e. The lowest BCUT2D eigenvalue weighted by Gasteiger charge is -2.26. The van der Waals surface area contributed by atoms with Crippen molar-refractivity contribution in [2.24, 2.45) is 5.73 Å². The number of fused-ring (bicyclic) bond motifs is 5. The van der Waals surface area contributed by atoms with Gasteiger partial charge in [-0.2, -0.15) is 0 Å². The molecule has 2 aromatic heterocycles. The smallest absolute Gasteiger partial charge is 0.438 e. The summed E-state index contributed by atoms with van der Waals surface area (Å²) in [5, 5.41) is 5.35. The van der Waals surface area contributed by atoms with Crippen LogP contribution < -0.4 is 25.7 Å². The highest BCUT2D eigenvalue weighted by atomic mass is 16.5. The molecule has 3 heterocycles. The molecule has 1 saturated carbocycles. The van der Waals surface area contributed by atoms with Crippen molar-refractivity contribution in [3.8, 4) is 28.5 Å². The molecule has 6 aromatic rings. The maximum absolute atomic E-state index is 12.4. The highest BCUT2D eigenvalue weighted by molar-refractivity contribution is 6.01. The van der Waals surface area contributed by atoms with Crippen LogP contribution in [0.25, 0.3) is 22.2 Å². The monoisotopic (exact) mass is 684 g/mol. The summed E-state index contributed by atoms with van der Waals surface area (Å²) >= 11 is 0. The molecular formula is C41H40N4O6. The van der Waals surface area contributed by atoms with Gasteiger partial charge in [0.1, 0.15) is 30.5 Å². The molecule has 10 heteroatoms. The zero-order valence-corrected chi connectivity index (χ0v) is 28.5. The van der Waals surface area contributed by atoms with Gasteiger partial charge in [-0.1, -0.05) is 73.0 Å². The van der Waals surface area contributed by atoms with Gasteiger partial charge in [0.15, 0.2) is 5.82 Å². The van der Waals surface area contributed by atoms with Gasteiger partial charge >= 0.3 is 5.76 Å². The number of ether oxygens (including phenoxy) is 3. The Labute approximate surface area is 295 Å². The van der Waals surface area contributed by atoms with Crippen molar-refractivity contribution < 1.29 is 23.5 Å². The number of aromatic amines is 1. The highest BCUT2D eigenvalue weighted by Crippen LogP contribution is 2.51. The number of carbonyl (C=O) groups excluding carboxylic acids is 1. The lowest BCUT2D eigenvalue weighted by atomic mass is 9.79. The molecule has 0 radical (unpaired) electrons. The number of nitrogens with two attached hydrogens (primary N) is 1. The van der Waals surface area contributed by atoms with Gasteiger partial charge in [-0.3, -0.25) is 14.3 Å². The van der Waals surface area contributed by atoms with Crippen molar-refractivity contribution in [1.29, 1.82) is 0 Å². The number of hydrogen-bond donors (Lipinski definition) is 2. The molecule has 1 fully saturated rings. The molecule has 0 saturated heterocycles. The molecule has 0 unspecified atom stereocenters. The van der Waals surface area contributed by atoms with Crippen LogP contribution in [0, 0.1) is 0 Å². The summed E-state index contributed by atoms with van der Waals surface area (Å²) in [7, 11) is 1.64. The van der Waals surface area contributed by atoms with E-state index in [0.29, 0.717) is 55.0 Å². The number of rotatable bonds is 10. The van der Waals surface area contributed by atoms with E-state index in [1.165, 1.54) is 12.0 Å². The average molecular weight is 685 g/mol. The number of benzene rings is 4. The van der Waals surface area contributed by atoms with Crippen LogP contribution in [0.4, 0.5) is 0 Å². The first kappa shape index (κ1) is 32.4. The number of nitrogens with one attached hydrogen (secondary N) is 1. The van der Waals surface area contributed by atoms with E-state index in [1.54, 1.807) is 7.11 Å². The van der Waals surface area contributed by atoms with Crippen molar-refractivity contribution in [2.75, 3.05) is 13.7 Å². The Balaban J connectivity index is 1.29. The maximum atomic E-state index is 12.4. The van der Waals surface area contributed by atoms with Gasteiger partial charge in [0, 0.05) is 28.1 Å². The molecule has 260 valence electrons. The molecule has 2 aliphatic rings. The number of carbonyl (C=O) groups is 1. The van der Waals surface area contributed by atoms with Gasteiger partial charge in [-0.05, 0) is 77.8 Å². The lowest BCUT2D eigenvalue weighted by molar-refractivity contribution is 0.100. The van der Waals surface area contributed by atoms with Crippen LogP contribution in [0.5, 0.6) is 17.2 Å². The number of hydrogen-bond acceptors (Lipinski definition) is 7. The second kappa shape index (κ2) is 13.9. The third-order valence-corrected chi connectivity index (χ3v) is 10.3. The van der Waals surface area contributed by atoms with Gasteiger partial charge in [0.2, 0.25) is 5.91 Å². The van der Waals surface area contributed by atoms with Crippen LogP contribution in [0.15, 0.2) is 94.2 Å². The van der Waals surface area contributed by atoms with Crippen molar-refractivity contribution >= 4 is 16.8 Å². The first-order chi connectivity index (χ1) is 25.0. The van der Waals surface area contributed by atoms with E-state index in [-0.39, 0.29) is 0 Å². The fourth-order valence-corrected chi connectivity index (χ4v) is 7.90. The fraction of sp³-hybridized carbons (Fsp3) is 0.293. The van der Waals surface area contributed by atoms with Gasteiger partial charge in [-0.25, -0.2) is 4.79 Å². The van der Waals surface area contributed by atoms with Crippen molar-refractivity contribution in [2.45, 2.75) is 63.5 Å². The average Bonchev–Trinajstić information content (AvgIpc) is 3.68. The molecule has 10 nitrogen and oxygen atoms in total. The van der Waals surface area contributed by atoms with E-state index in [0.717, 1.165) is 70.3 Å². The zero-order valence-electron chi connectivity index (χ0n) is 28.5. The van der Waals surface area contributed by atoms with Crippen molar-refractivity contribution in [3.63, 3.8) is 0 Å². The Bertz CT molecular complexity index is 2250. The van der Waals surface area contributed by atoms with Crippen molar-refractivity contribution in [3.05, 3.63) is 129 Å². The molecule has 1 aliphatic heterocycles. The minimum absolute atomic E-state index is 0.326. The molecule has 1 aliphatic carbocycles. The summed E-state index contributed by atoms with van der Waals surface area (Å²) in [5.74, 6) is 1.28. The topological polar surface area (TPSA) is 135 Å². The van der Waals surface area contributed by atoms with Crippen LogP contribution in [-0.4, -0.2) is 34.3 Å². The summed E-state index contributed by atoms with van der Waals surface area (Å²) in [6, 6.07) is 27.8. The van der Waals surface area contributed by atoms with E-state index < -0.39 is 17.6 Å². The third-order valence-electron chi connectivity index (χ3n) is 10.3. The van der Waals surface area contributed by atoms with Gasteiger partial charge in [-0.15, -0.1) is 0 Å². The molecule has 51 heavy (non-hydrogen) atoms. The normalized spacial score (nSPS) is 15.0. The largest absolute Gasteiger partial charge is 0.497 e. The van der Waals surface area contributed by atoms with E-state index in [2.05, 4.69) is 20.8 Å². The number of primary amides is 1. The summed E-state index contributed by atoms with van der Waals surface area (Å²) in [6.45, 7) is 1.46. The number of aromatic nitrogens is 3. The number of amides is 1. The van der Waals surface area contributed by atoms with E-state index in [4.69, 9.17) is 24.5 Å². The standard InChI is InChI=1S/C41H40N4O6/c1-48-30-22-32(33(40-43-41(47)51-44-40)20-25-12-15-29(16-13-25)50-24-26-8-4-2-5-9-26)37-35(23-30)49-19-18-45-34-21-28(39(42)46)14-17-31(34)36(38(37)45)27-10-6-3-7-11-27/h2,4-5,8-9,12-17,21-23,27,33H,3,6-7,10-11,18-20,24H2,1H3,(H2,42,46)(H,43,44,47)/t33-/m0/s1. The molecule has 1 atom stereocenters. The highest BCUT2D eigenvalue weighted by Gasteiger charge is 2.34. The predicted molar refractivity (Wildman–Crippen MR) is 194 cm³/mol. The van der Waals surface area contributed by atoms with Crippen LogP contribution in [0.3, 0.4) is 0 Å². The van der Waals surface area contributed by atoms with E-state index >= 15 is 0 Å². The Hall–Kier alpha value is -5.77. The Morgan fingerprint density at radius 2 is 1.78 bits per heavy atom. The number of methoxy groups -OCH3 is 1. The van der Waals surface area contributed by atoms with Gasteiger partial charge in [0.25, 0.3) is 0 Å². The number of H-pyrrole nitrogens is 1.